The summed E-state index contributed by atoms with van der Waals surface area (Å²) >= 11 is 0. The summed E-state index contributed by atoms with van der Waals surface area (Å²) in [5.41, 5.74) is 0. The van der Waals surface area contributed by atoms with E-state index >= 15 is 0 Å². The van der Waals surface area contributed by atoms with Gasteiger partial charge in [0.25, 0.3) is 0 Å². The van der Waals surface area contributed by atoms with Crippen molar-refractivity contribution in [2.75, 3.05) is 39.6 Å². The molecule has 0 aromatic rings. The Morgan fingerprint density at radius 2 is 1.35 bits per heavy atom. The van der Waals surface area contributed by atoms with E-state index in [2.05, 4.69) is 0 Å². The van der Waals surface area contributed by atoms with E-state index in [1.165, 1.54) is 25.7 Å². The van der Waals surface area contributed by atoms with E-state index < -0.39 is 8.80 Å². The Labute approximate surface area is 143 Å². The van der Waals surface area contributed by atoms with Gasteiger partial charge in [0.05, 0.1) is 13.2 Å². The van der Waals surface area contributed by atoms with Crippen LogP contribution in [0.3, 0.4) is 0 Å². The lowest BCUT2D eigenvalue weighted by molar-refractivity contribution is 0.0706. The number of unbranched alkanes of at least 4 members (excludes halogenated alkanes) is 5. The van der Waals surface area contributed by atoms with Crippen LogP contribution in [0.15, 0.2) is 0 Å². The summed E-state index contributed by atoms with van der Waals surface area (Å²) < 4.78 is 28.3. The zero-order valence-corrected chi connectivity index (χ0v) is 16.3. The molecule has 0 aliphatic carbocycles. The van der Waals surface area contributed by atoms with Gasteiger partial charge in [-0.1, -0.05) is 25.7 Å². The quantitative estimate of drug-likeness (QED) is 0.227. The zero-order chi connectivity index (χ0) is 16.8. The molecule has 0 saturated carbocycles. The van der Waals surface area contributed by atoms with Gasteiger partial charge in [-0.3, -0.25) is 0 Å². The van der Waals surface area contributed by atoms with Crippen LogP contribution < -0.4 is 0 Å². The predicted octanol–water partition coefficient (Wildman–Crippen LogP) is 3.79. The van der Waals surface area contributed by atoms with E-state index in [0.29, 0.717) is 25.9 Å². The van der Waals surface area contributed by atoms with Crippen molar-refractivity contribution in [3.8, 4) is 0 Å². The molecule has 0 amide bonds. The van der Waals surface area contributed by atoms with E-state index in [1.807, 2.05) is 20.8 Å². The largest absolute Gasteiger partial charge is 0.500 e. The van der Waals surface area contributed by atoms with Crippen LogP contribution in [-0.4, -0.2) is 54.5 Å². The first-order chi connectivity index (χ1) is 11.3. The normalized spacial score (nSPS) is 17.6. The first-order valence-corrected chi connectivity index (χ1v) is 11.3. The van der Waals surface area contributed by atoms with Crippen molar-refractivity contribution < 1.29 is 22.8 Å². The third-order valence-electron chi connectivity index (χ3n) is 3.82. The smallest absolute Gasteiger partial charge is 0.379 e. The van der Waals surface area contributed by atoms with Crippen LogP contribution in [0, 0.1) is 0 Å². The van der Waals surface area contributed by atoms with Crippen LogP contribution in [0.5, 0.6) is 0 Å². The minimum absolute atomic E-state index is 0.389. The predicted molar refractivity (Wildman–Crippen MR) is 93.7 cm³/mol. The summed E-state index contributed by atoms with van der Waals surface area (Å²) in [5, 5.41) is 0. The maximum absolute atomic E-state index is 5.87. The van der Waals surface area contributed by atoms with Gasteiger partial charge in [0.2, 0.25) is 0 Å². The average molecular weight is 349 g/mol. The lowest BCUT2D eigenvalue weighted by atomic mass is 10.1. The molecule has 1 rings (SSSR count). The van der Waals surface area contributed by atoms with Gasteiger partial charge in [0, 0.05) is 32.5 Å². The van der Waals surface area contributed by atoms with Crippen molar-refractivity contribution in [1.82, 2.24) is 0 Å². The number of rotatable bonds is 17. The van der Waals surface area contributed by atoms with Gasteiger partial charge in [0.15, 0.2) is 0 Å². The van der Waals surface area contributed by atoms with Crippen molar-refractivity contribution in [1.29, 1.82) is 0 Å². The Morgan fingerprint density at radius 3 is 1.87 bits per heavy atom. The Balaban J connectivity index is 1.98. The molecule has 1 atom stereocenters. The topological polar surface area (TPSA) is 49.5 Å². The van der Waals surface area contributed by atoms with Gasteiger partial charge in [-0.05, 0) is 33.6 Å². The van der Waals surface area contributed by atoms with Crippen molar-refractivity contribution >= 4 is 8.80 Å². The average Bonchev–Trinajstić information content (AvgIpc) is 3.34. The highest BCUT2D eigenvalue weighted by molar-refractivity contribution is 6.60. The Hall–Kier alpha value is 0.0169. The minimum Gasteiger partial charge on any atom is -0.379 e. The fraction of sp³-hybridized carbons (Fsp3) is 1.00. The highest BCUT2D eigenvalue weighted by Gasteiger charge is 2.39. The van der Waals surface area contributed by atoms with E-state index in [-0.39, 0.29) is 0 Å². The SMILES string of the molecule is CCO[Si](CCCCCCCCOCC1CO1)(OCC)OCC. The molecule has 5 nitrogen and oxygen atoms in total. The molecule has 0 N–H and O–H groups in total. The van der Waals surface area contributed by atoms with Gasteiger partial charge in [-0.2, -0.15) is 0 Å². The molecular weight excluding hydrogens is 312 g/mol. The summed E-state index contributed by atoms with van der Waals surface area (Å²) in [7, 11) is -2.42. The molecule has 1 unspecified atom stereocenters. The fourth-order valence-corrected chi connectivity index (χ4v) is 5.32. The number of ether oxygens (including phenoxy) is 2. The molecule has 6 heteroatoms. The first kappa shape index (κ1) is 21.1. The van der Waals surface area contributed by atoms with Gasteiger partial charge in [0.1, 0.15) is 6.10 Å². The van der Waals surface area contributed by atoms with Crippen molar-refractivity contribution in [3.63, 3.8) is 0 Å². The zero-order valence-electron chi connectivity index (χ0n) is 15.3. The van der Waals surface area contributed by atoms with E-state index in [4.69, 9.17) is 22.8 Å². The van der Waals surface area contributed by atoms with Crippen LogP contribution in [0.2, 0.25) is 6.04 Å². The Kier molecular flexibility index (Phi) is 12.2. The highest BCUT2D eigenvalue weighted by Crippen LogP contribution is 2.20. The van der Waals surface area contributed by atoms with Crippen molar-refractivity contribution in [2.45, 2.75) is 71.4 Å². The van der Waals surface area contributed by atoms with Crippen molar-refractivity contribution in [2.24, 2.45) is 0 Å². The number of epoxide rings is 1. The monoisotopic (exact) mass is 348 g/mol. The highest BCUT2D eigenvalue weighted by atomic mass is 28.4. The molecular formula is C17H36O5Si. The van der Waals surface area contributed by atoms with Crippen LogP contribution in [0.1, 0.15) is 59.3 Å². The second-order valence-electron chi connectivity index (χ2n) is 5.88. The molecule has 0 bridgehead atoms. The third kappa shape index (κ3) is 10.5. The summed E-state index contributed by atoms with van der Waals surface area (Å²) in [6, 6.07) is 0.938. The van der Waals surface area contributed by atoms with E-state index in [1.54, 1.807) is 0 Å². The molecule has 23 heavy (non-hydrogen) atoms. The van der Waals surface area contributed by atoms with E-state index in [0.717, 1.165) is 38.7 Å². The molecule has 1 aliphatic rings. The molecule has 1 aliphatic heterocycles. The van der Waals surface area contributed by atoms with Gasteiger partial charge < -0.3 is 22.8 Å². The second kappa shape index (κ2) is 13.3. The fourth-order valence-electron chi connectivity index (χ4n) is 2.63. The van der Waals surface area contributed by atoms with Crippen LogP contribution in [0.25, 0.3) is 0 Å². The van der Waals surface area contributed by atoms with E-state index in [9.17, 15) is 0 Å². The third-order valence-corrected chi connectivity index (χ3v) is 6.97. The lowest BCUT2D eigenvalue weighted by Gasteiger charge is -2.28. The summed E-state index contributed by atoms with van der Waals surface area (Å²) in [4.78, 5) is 0. The molecule has 0 radical (unpaired) electrons. The number of hydrogen-bond donors (Lipinski definition) is 0. The molecule has 1 fully saturated rings. The van der Waals surface area contributed by atoms with Gasteiger partial charge in [-0.15, -0.1) is 0 Å². The lowest BCUT2D eigenvalue weighted by Crippen LogP contribution is -2.45. The molecule has 0 aromatic carbocycles. The summed E-state index contributed by atoms with van der Waals surface area (Å²) in [5.74, 6) is 0. The maximum Gasteiger partial charge on any atom is 0.500 e. The molecule has 0 aromatic heterocycles. The molecule has 1 heterocycles. The first-order valence-electron chi connectivity index (χ1n) is 9.37. The van der Waals surface area contributed by atoms with Gasteiger partial charge >= 0.3 is 8.80 Å². The maximum atomic E-state index is 5.87. The van der Waals surface area contributed by atoms with Crippen LogP contribution >= 0.6 is 0 Å². The molecule has 138 valence electrons. The molecule has 1 saturated heterocycles. The van der Waals surface area contributed by atoms with Crippen molar-refractivity contribution in [3.05, 3.63) is 0 Å². The van der Waals surface area contributed by atoms with Gasteiger partial charge in [-0.25, -0.2) is 0 Å². The van der Waals surface area contributed by atoms with Crippen LogP contribution in [-0.2, 0) is 22.8 Å². The summed E-state index contributed by atoms with van der Waals surface area (Å²) in [6.07, 6.45) is 7.68. The minimum atomic E-state index is -2.42. The van der Waals surface area contributed by atoms with Crippen LogP contribution in [0.4, 0.5) is 0 Å². The Bertz CT molecular complexity index is 257. The Morgan fingerprint density at radius 1 is 0.826 bits per heavy atom. The second-order valence-corrected chi connectivity index (χ2v) is 8.62. The summed E-state index contributed by atoms with van der Waals surface area (Å²) in [6.45, 7) is 10.6. The molecule has 0 spiro atoms. The number of hydrogen-bond acceptors (Lipinski definition) is 5. The standard InChI is InChI=1S/C17H36O5Si/c1-4-20-23(21-5-2,22-6-3)14-12-10-8-7-9-11-13-18-15-17-16-19-17/h17H,4-16H2,1-3H3.